The first-order valence-corrected chi connectivity index (χ1v) is 11.0. The van der Waals surface area contributed by atoms with Gasteiger partial charge in [-0.1, -0.05) is 6.07 Å². The van der Waals surface area contributed by atoms with E-state index in [9.17, 15) is 22.8 Å². The fourth-order valence-electron chi connectivity index (χ4n) is 4.21. The molecule has 1 aliphatic heterocycles. The highest BCUT2D eigenvalue weighted by Crippen LogP contribution is 2.33. The van der Waals surface area contributed by atoms with Crippen molar-refractivity contribution in [3.63, 3.8) is 0 Å². The number of rotatable bonds is 5. The number of nitrogens with one attached hydrogen (secondary N) is 2. The number of alkyl halides is 3. The first kappa shape index (κ1) is 24.2. The topological polar surface area (TPSA) is 87.2 Å². The fraction of sp³-hybridized carbons (Fsp3) is 0.280. The van der Waals surface area contributed by atoms with Gasteiger partial charge >= 0.3 is 6.18 Å². The molecule has 3 heterocycles. The van der Waals surface area contributed by atoms with E-state index in [4.69, 9.17) is 0 Å². The largest absolute Gasteiger partial charge is 0.417 e. The highest BCUT2D eigenvalue weighted by molar-refractivity contribution is 6.04. The van der Waals surface area contributed by atoms with E-state index in [0.717, 1.165) is 35.8 Å². The lowest BCUT2D eigenvalue weighted by Crippen LogP contribution is -2.22. The van der Waals surface area contributed by atoms with Gasteiger partial charge in [-0.25, -0.2) is 0 Å². The summed E-state index contributed by atoms with van der Waals surface area (Å²) in [5, 5.41) is 5.08. The van der Waals surface area contributed by atoms with Gasteiger partial charge in [0.05, 0.1) is 17.4 Å². The highest BCUT2D eigenvalue weighted by atomic mass is 19.4. The van der Waals surface area contributed by atoms with Crippen LogP contribution in [0.2, 0.25) is 0 Å². The first-order chi connectivity index (χ1) is 16.7. The molecule has 3 aromatic rings. The molecule has 182 valence electrons. The number of hydrogen-bond acceptors (Lipinski definition) is 5. The Morgan fingerprint density at radius 1 is 1.09 bits per heavy atom. The number of amides is 2. The van der Waals surface area contributed by atoms with Crippen LogP contribution in [-0.4, -0.2) is 41.9 Å². The molecule has 0 radical (unpaired) electrons. The Hall–Kier alpha value is -3.95. The average molecular weight is 483 g/mol. The number of carbonyl (C=O) groups excluding carboxylic acids is 2. The maximum absolute atomic E-state index is 13.0. The van der Waals surface area contributed by atoms with Gasteiger partial charge in [-0.2, -0.15) is 13.2 Å². The van der Waals surface area contributed by atoms with Crippen molar-refractivity contribution in [3.05, 3.63) is 82.9 Å². The number of halogens is 3. The fourth-order valence-corrected chi connectivity index (χ4v) is 4.21. The molecular weight excluding hydrogens is 459 g/mol. The van der Waals surface area contributed by atoms with E-state index in [0.29, 0.717) is 24.0 Å². The Balaban J connectivity index is 1.50. The third-order valence-electron chi connectivity index (χ3n) is 6.06. The molecule has 7 nitrogen and oxygen atoms in total. The lowest BCUT2D eigenvalue weighted by Gasteiger charge is -2.20. The average Bonchev–Trinajstić information content (AvgIpc) is 3.33. The van der Waals surface area contributed by atoms with Crippen LogP contribution >= 0.6 is 0 Å². The van der Waals surface area contributed by atoms with E-state index in [-0.39, 0.29) is 17.5 Å². The van der Waals surface area contributed by atoms with Crippen molar-refractivity contribution >= 4 is 23.2 Å². The van der Waals surface area contributed by atoms with E-state index in [1.54, 1.807) is 31.4 Å². The predicted octanol–water partition coefficient (Wildman–Crippen LogP) is 4.41. The monoisotopic (exact) mass is 483 g/mol. The minimum atomic E-state index is -4.55. The molecule has 2 N–H and O–H groups in total. The van der Waals surface area contributed by atoms with Crippen LogP contribution in [0.1, 0.15) is 49.9 Å². The van der Waals surface area contributed by atoms with Crippen LogP contribution in [0.5, 0.6) is 0 Å². The predicted molar refractivity (Wildman–Crippen MR) is 126 cm³/mol. The van der Waals surface area contributed by atoms with Crippen LogP contribution in [-0.2, 0) is 6.18 Å². The molecule has 1 saturated heterocycles. The molecule has 0 spiro atoms. The number of benzene rings is 1. The van der Waals surface area contributed by atoms with Crippen molar-refractivity contribution in [2.24, 2.45) is 0 Å². The molecule has 1 aromatic carbocycles. The van der Waals surface area contributed by atoms with Crippen LogP contribution in [0, 0.1) is 6.92 Å². The van der Waals surface area contributed by atoms with Crippen LogP contribution in [0.4, 0.5) is 24.5 Å². The smallest absolute Gasteiger partial charge is 0.371 e. The summed E-state index contributed by atoms with van der Waals surface area (Å²) < 4.78 is 38.9. The Bertz CT molecular complexity index is 1260. The molecule has 1 aliphatic rings. The molecule has 0 bridgehead atoms. The van der Waals surface area contributed by atoms with Crippen molar-refractivity contribution in [1.82, 2.24) is 15.3 Å². The van der Waals surface area contributed by atoms with Crippen LogP contribution in [0.25, 0.3) is 0 Å². The molecule has 0 saturated carbocycles. The molecular formula is C25H24F3N5O2. The Labute approximate surface area is 200 Å². The van der Waals surface area contributed by atoms with Crippen molar-refractivity contribution in [2.75, 3.05) is 30.4 Å². The van der Waals surface area contributed by atoms with Crippen LogP contribution < -0.4 is 15.5 Å². The molecule has 2 aromatic heterocycles. The zero-order valence-electron chi connectivity index (χ0n) is 19.2. The third kappa shape index (κ3) is 5.42. The molecule has 4 rings (SSSR count). The molecule has 2 amide bonds. The lowest BCUT2D eigenvalue weighted by atomic mass is 9.92. The molecule has 0 aliphatic carbocycles. The molecule has 1 atom stereocenters. The Morgan fingerprint density at radius 3 is 2.63 bits per heavy atom. The van der Waals surface area contributed by atoms with E-state index in [1.165, 1.54) is 6.20 Å². The summed E-state index contributed by atoms with van der Waals surface area (Å²) in [6.45, 7) is 3.43. The summed E-state index contributed by atoms with van der Waals surface area (Å²) in [6.07, 6.45) is -0.201. The van der Waals surface area contributed by atoms with Gasteiger partial charge in [0.1, 0.15) is 5.69 Å². The molecule has 1 fully saturated rings. The second kappa shape index (κ2) is 9.73. The standard InChI is InChI=1S/C25H24F3N5O2/c1-15-3-4-16(23(34)32-19-10-18(12-30-13-19)25(26,27)28)9-21(15)17-6-8-33(14-17)20-5-7-31-22(11-20)24(35)29-2/h3-5,7,9-13,17H,6,8,14H2,1-2H3,(H,29,35)(H,32,34)/t17-/m1/s1. The number of anilines is 2. The Morgan fingerprint density at radius 2 is 1.89 bits per heavy atom. The number of nitrogens with zero attached hydrogens (tertiary/aromatic N) is 3. The van der Waals surface area contributed by atoms with Crippen molar-refractivity contribution in [2.45, 2.75) is 25.4 Å². The zero-order valence-corrected chi connectivity index (χ0v) is 19.2. The molecule has 0 unspecified atom stereocenters. The summed E-state index contributed by atoms with van der Waals surface area (Å²) >= 11 is 0. The zero-order chi connectivity index (χ0) is 25.2. The quantitative estimate of drug-likeness (QED) is 0.562. The van der Waals surface area contributed by atoms with Gasteiger partial charge in [-0.15, -0.1) is 0 Å². The van der Waals surface area contributed by atoms with Crippen molar-refractivity contribution < 1.29 is 22.8 Å². The van der Waals surface area contributed by atoms with Gasteiger partial charge in [0, 0.05) is 49.7 Å². The summed E-state index contributed by atoms with van der Waals surface area (Å²) in [5.74, 6) is -0.616. The Kier molecular flexibility index (Phi) is 6.72. The number of aryl methyl sites for hydroxylation is 1. The van der Waals surface area contributed by atoms with Crippen molar-refractivity contribution in [3.8, 4) is 0 Å². The minimum Gasteiger partial charge on any atom is -0.371 e. The summed E-state index contributed by atoms with van der Waals surface area (Å²) in [5.41, 5.74) is 2.66. The van der Waals surface area contributed by atoms with Crippen LogP contribution in [0.15, 0.2) is 55.0 Å². The van der Waals surface area contributed by atoms with Gasteiger partial charge in [0.2, 0.25) is 0 Å². The SMILES string of the molecule is CNC(=O)c1cc(N2CC[C@@H](c3cc(C(=O)Nc4cncc(C(F)(F)F)c4)ccc3C)C2)ccn1. The number of pyridine rings is 2. The number of aromatic nitrogens is 2. The van der Waals surface area contributed by atoms with Crippen LogP contribution in [0.3, 0.4) is 0 Å². The summed E-state index contributed by atoms with van der Waals surface area (Å²) in [6, 6.07) is 9.75. The second-order valence-corrected chi connectivity index (χ2v) is 8.40. The normalized spacial score (nSPS) is 15.7. The van der Waals surface area contributed by atoms with E-state index >= 15 is 0 Å². The summed E-state index contributed by atoms with van der Waals surface area (Å²) in [7, 11) is 1.55. The maximum atomic E-state index is 13.0. The number of hydrogen-bond donors (Lipinski definition) is 2. The lowest BCUT2D eigenvalue weighted by molar-refractivity contribution is -0.137. The van der Waals surface area contributed by atoms with Gasteiger partial charge in [0.25, 0.3) is 11.8 Å². The second-order valence-electron chi connectivity index (χ2n) is 8.40. The summed E-state index contributed by atoms with van der Waals surface area (Å²) in [4.78, 5) is 34.6. The van der Waals surface area contributed by atoms with Crippen molar-refractivity contribution in [1.29, 1.82) is 0 Å². The van der Waals surface area contributed by atoms with Gasteiger partial charge < -0.3 is 15.5 Å². The first-order valence-electron chi connectivity index (χ1n) is 11.0. The molecule has 35 heavy (non-hydrogen) atoms. The van der Waals surface area contributed by atoms with Gasteiger partial charge in [-0.05, 0) is 54.8 Å². The van der Waals surface area contributed by atoms with E-state index in [1.807, 2.05) is 19.1 Å². The van der Waals surface area contributed by atoms with E-state index in [2.05, 4.69) is 25.5 Å². The van der Waals surface area contributed by atoms with Gasteiger partial charge in [0.15, 0.2) is 0 Å². The molecule has 10 heteroatoms. The third-order valence-corrected chi connectivity index (χ3v) is 6.06. The highest BCUT2D eigenvalue weighted by Gasteiger charge is 2.31. The number of carbonyl (C=O) groups is 2. The van der Waals surface area contributed by atoms with E-state index < -0.39 is 17.6 Å². The maximum Gasteiger partial charge on any atom is 0.417 e. The van der Waals surface area contributed by atoms with Gasteiger partial charge in [-0.3, -0.25) is 19.6 Å². The minimum absolute atomic E-state index is 0.0244.